The zero-order chi connectivity index (χ0) is 14.1. The van der Waals surface area contributed by atoms with E-state index < -0.39 is 0 Å². The number of nitrogens with zero attached hydrogens (tertiary/aromatic N) is 2. The number of aliphatic hydroxyl groups excluding tert-OH is 1. The van der Waals surface area contributed by atoms with E-state index in [9.17, 15) is 9.90 Å². The first kappa shape index (κ1) is 13.1. The van der Waals surface area contributed by atoms with E-state index >= 15 is 0 Å². The van der Waals surface area contributed by atoms with Gasteiger partial charge in [-0.2, -0.15) is 0 Å². The third-order valence-electron chi connectivity index (χ3n) is 3.95. The van der Waals surface area contributed by atoms with E-state index in [1.165, 1.54) is 7.11 Å². The van der Waals surface area contributed by atoms with Crippen LogP contribution in [0.3, 0.4) is 0 Å². The van der Waals surface area contributed by atoms with Crippen LogP contribution >= 0.6 is 0 Å². The Balaban J connectivity index is 1.95. The number of methoxy groups -OCH3 is 1. The largest absolute Gasteiger partial charge is 0.480 e. The molecule has 0 saturated carbocycles. The summed E-state index contributed by atoms with van der Waals surface area (Å²) in [4.78, 5) is 18.8. The molecule has 1 amide bonds. The first-order valence-corrected chi connectivity index (χ1v) is 6.90. The van der Waals surface area contributed by atoms with Crippen molar-refractivity contribution >= 4 is 5.91 Å². The zero-order valence-electron chi connectivity index (χ0n) is 11.5. The topological polar surface area (TPSA) is 62.7 Å². The number of aliphatic hydroxyl groups is 1. The summed E-state index contributed by atoms with van der Waals surface area (Å²) >= 11 is 0. The van der Waals surface area contributed by atoms with Crippen molar-refractivity contribution in [3.8, 4) is 5.88 Å². The SMILES string of the molecule is COc1nc2c(cc1C(=O)N1CC=C[C@@H]1CO)CCC2. The average Bonchev–Trinajstić information content (AvgIpc) is 3.12. The molecular formula is C15H18N2O3. The van der Waals surface area contributed by atoms with Crippen LogP contribution in [0.15, 0.2) is 18.2 Å². The van der Waals surface area contributed by atoms with Gasteiger partial charge in [-0.05, 0) is 30.9 Å². The van der Waals surface area contributed by atoms with Crippen LogP contribution in [0, 0.1) is 0 Å². The Kier molecular flexibility index (Phi) is 3.44. The minimum absolute atomic E-state index is 0.0665. The van der Waals surface area contributed by atoms with E-state index in [-0.39, 0.29) is 18.6 Å². The maximum atomic E-state index is 12.7. The Morgan fingerprint density at radius 1 is 1.55 bits per heavy atom. The molecule has 20 heavy (non-hydrogen) atoms. The molecule has 0 spiro atoms. The van der Waals surface area contributed by atoms with Gasteiger partial charge in [0.15, 0.2) is 0 Å². The molecule has 2 heterocycles. The highest BCUT2D eigenvalue weighted by molar-refractivity contribution is 5.97. The molecule has 1 aliphatic carbocycles. The van der Waals surface area contributed by atoms with Gasteiger partial charge in [-0.1, -0.05) is 12.2 Å². The van der Waals surface area contributed by atoms with Gasteiger partial charge in [0.2, 0.25) is 5.88 Å². The fraction of sp³-hybridized carbons (Fsp3) is 0.467. The minimum Gasteiger partial charge on any atom is -0.480 e. The van der Waals surface area contributed by atoms with Crippen molar-refractivity contribution in [2.24, 2.45) is 0 Å². The standard InChI is InChI=1S/C15H18N2O3/c1-20-14-12(8-10-4-2-6-13(10)16-14)15(19)17-7-3-5-11(17)9-18/h3,5,8,11,18H,2,4,6-7,9H2,1H3/t11-/m1/s1. The summed E-state index contributed by atoms with van der Waals surface area (Å²) in [5, 5.41) is 9.32. The molecule has 0 saturated heterocycles. The van der Waals surface area contributed by atoms with Crippen molar-refractivity contribution in [3.05, 3.63) is 35.0 Å². The highest BCUT2D eigenvalue weighted by Crippen LogP contribution is 2.28. The predicted octanol–water partition coefficient (Wildman–Crippen LogP) is 0.952. The lowest BCUT2D eigenvalue weighted by Gasteiger charge is -2.23. The first-order valence-electron chi connectivity index (χ1n) is 6.90. The van der Waals surface area contributed by atoms with Gasteiger partial charge >= 0.3 is 0 Å². The quantitative estimate of drug-likeness (QED) is 0.834. The molecule has 3 rings (SSSR count). The van der Waals surface area contributed by atoms with Crippen molar-refractivity contribution < 1.29 is 14.6 Å². The second-order valence-electron chi connectivity index (χ2n) is 5.14. The number of amides is 1. The normalized spacial score (nSPS) is 20.3. The number of pyridine rings is 1. The molecule has 5 nitrogen and oxygen atoms in total. The van der Waals surface area contributed by atoms with Gasteiger partial charge in [0.25, 0.3) is 5.91 Å². The van der Waals surface area contributed by atoms with Gasteiger partial charge < -0.3 is 14.7 Å². The average molecular weight is 274 g/mol. The maximum Gasteiger partial charge on any atom is 0.260 e. The highest BCUT2D eigenvalue weighted by atomic mass is 16.5. The minimum atomic E-state index is -0.250. The van der Waals surface area contributed by atoms with E-state index in [2.05, 4.69) is 4.98 Å². The lowest BCUT2D eigenvalue weighted by molar-refractivity contribution is 0.0696. The number of hydrogen-bond donors (Lipinski definition) is 1. The van der Waals surface area contributed by atoms with Crippen LogP contribution < -0.4 is 4.74 Å². The molecule has 1 aromatic heterocycles. The third kappa shape index (κ3) is 2.08. The molecule has 1 aliphatic heterocycles. The van der Waals surface area contributed by atoms with Crippen molar-refractivity contribution in [1.29, 1.82) is 0 Å². The lowest BCUT2D eigenvalue weighted by atomic mass is 10.1. The van der Waals surface area contributed by atoms with Crippen LogP contribution in [0.4, 0.5) is 0 Å². The first-order chi connectivity index (χ1) is 9.74. The van der Waals surface area contributed by atoms with Gasteiger partial charge in [-0.25, -0.2) is 4.98 Å². The molecule has 106 valence electrons. The molecule has 0 aromatic carbocycles. The van der Waals surface area contributed by atoms with Crippen LogP contribution in [-0.2, 0) is 12.8 Å². The zero-order valence-corrected chi connectivity index (χ0v) is 11.5. The van der Waals surface area contributed by atoms with Crippen LogP contribution in [0.1, 0.15) is 28.0 Å². The molecule has 1 atom stereocenters. The number of aromatic nitrogens is 1. The van der Waals surface area contributed by atoms with Crippen molar-refractivity contribution in [2.75, 3.05) is 20.3 Å². The van der Waals surface area contributed by atoms with Gasteiger partial charge in [-0.15, -0.1) is 0 Å². The Hall–Kier alpha value is -1.88. The summed E-state index contributed by atoms with van der Waals surface area (Å²) in [6.45, 7) is 0.452. The van der Waals surface area contributed by atoms with E-state index in [1.54, 1.807) is 4.90 Å². The van der Waals surface area contributed by atoms with Gasteiger partial charge in [0.05, 0.1) is 19.8 Å². The molecule has 0 unspecified atom stereocenters. The van der Waals surface area contributed by atoms with E-state index in [1.807, 2.05) is 18.2 Å². The number of rotatable bonds is 3. The third-order valence-corrected chi connectivity index (χ3v) is 3.95. The van der Waals surface area contributed by atoms with Crippen molar-refractivity contribution in [2.45, 2.75) is 25.3 Å². The summed E-state index contributed by atoms with van der Waals surface area (Å²) in [6, 6.07) is 1.66. The second kappa shape index (κ2) is 5.25. The van der Waals surface area contributed by atoms with E-state index in [4.69, 9.17) is 4.74 Å². The molecule has 0 fully saturated rings. The number of aryl methyl sites for hydroxylation is 2. The summed E-state index contributed by atoms with van der Waals surface area (Å²) < 4.78 is 5.28. The number of carbonyl (C=O) groups excluding carboxylic acids is 1. The van der Waals surface area contributed by atoms with E-state index in [0.717, 1.165) is 30.5 Å². The number of ether oxygens (including phenoxy) is 1. The summed E-state index contributed by atoms with van der Waals surface area (Å²) in [6.07, 6.45) is 6.74. The van der Waals surface area contributed by atoms with Crippen LogP contribution in [-0.4, -0.2) is 47.2 Å². The maximum absolute atomic E-state index is 12.7. The molecular weight excluding hydrogens is 256 g/mol. The molecule has 1 N–H and O–H groups in total. The monoisotopic (exact) mass is 274 g/mol. The van der Waals surface area contributed by atoms with Crippen LogP contribution in [0.2, 0.25) is 0 Å². The molecule has 2 aliphatic rings. The van der Waals surface area contributed by atoms with Gasteiger partial charge in [0, 0.05) is 12.2 Å². The fourth-order valence-electron chi connectivity index (χ4n) is 2.88. The predicted molar refractivity (Wildman–Crippen MR) is 73.9 cm³/mol. The molecule has 0 bridgehead atoms. The number of carbonyl (C=O) groups is 1. The second-order valence-corrected chi connectivity index (χ2v) is 5.14. The molecule has 5 heteroatoms. The van der Waals surface area contributed by atoms with Crippen molar-refractivity contribution in [1.82, 2.24) is 9.88 Å². The summed E-state index contributed by atoms with van der Waals surface area (Å²) in [5.41, 5.74) is 2.67. The Morgan fingerprint density at radius 2 is 2.40 bits per heavy atom. The lowest BCUT2D eigenvalue weighted by Crippen LogP contribution is -2.38. The van der Waals surface area contributed by atoms with Crippen molar-refractivity contribution in [3.63, 3.8) is 0 Å². The van der Waals surface area contributed by atoms with Crippen LogP contribution in [0.5, 0.6) is 5.88 Å². The van der Waals surface area contributed by atoms with E-state index in [0.29, 0.717) is 18.0 Å². The fourth-order valence-corrected chi connectivity index (χ4v) is 2.88. The Bertz CT molecular complexity index is 568. The van der Waals surface area contributed by atoms with Gasteiger partial charge in [-0.3, -0.25) is 4.79 Å². The highest BCUT2D eigenvalue weighted by Gasteiger charge is 2.29. The summed E-state index contributed by atoms with van der Waals surface area (Å²) in [7, 11) is 1.53. The van der Waals surface area contributed by atoms with Crippen LogP contribution in [0.25, 0.3) is 0 Å². The number of hydrogen-bond acceptors (Lipinski definition) is 4. The number of fused-ring (bicyclic) bond motifs is 1. The molecule has 0 radical (unpaired) electrons. The smallest absolute Gasteiger partial charge is 0.260 e. The Morgan fingerprint density at radius 3 is 3.15 bits per heavy atom. The van der Waals surface area contributed by atoms with Gasteiger partial charge in [0.1, 0.15) is 5.56 Å². The summed E-state index contributed by atoms with van der Waals surface area (Å²) in [5.74, 6) is 0.257. The molecule has 1 aromatic rings. The Labute approximate surface area is 117 Å².